The van der Waals surface area contributed by atoms with Crippen LogP contribution in [0.1, 0.15) is 12.6 Å². The maximum Gasteiger partial charge on any atom is 0.150 e. The number of nitrogens with one attached hydrogen (secondary N) is 1. The van der Waals surface area contributed by atoms with Crippen molar-refractivity contribution in [1.29, 1.82) is 0 Å². The van der Waals surface area contributed by atoms with Crippen molar-refractivity contribution in [3.63, 3.8) is 0 Å². The molecule has 0 aliphatic heterocycles. The number of hydrogen-bond donors (Lipinski definition) is 1. The fourth-order valence-corrected chi connectivity index (χ4v) is 2.12. The largest absolute Gasteiger partial charge is 0.388 e. The maximum absolute atomic E-state index is 13.8. The molecule has 0 saturated heterocycles. The van der Waals surface area contributed by atoms with Gasteiger partial charge in [0.05, 0.1) is 0 Å². The monoisotopic (exact) mass is 282 g/mol. The van der Waals surface area contributed by atoms with Crippen molar-refractivity contribution in [1.82, 2.24) is 4.98 Å². The maximum atomic E-state index is 13.8. The predicted molar refractivity (Wildman–Crippen MR) is 68.3 cm³/mol. The Morgan fingerprint density at radius 1 is 1.38 bits per heavy atom. The van der Waals surface area contributed by atoms with Crippen molar-refractivity contribution in [3.05, 3.63) is 34.2 Å². The number of fused-ring (bicyclic) bond motifs is 1. The average Bonchev–Trinajstić information content (AvgIpc) is 2.28. The molecule has 0 bridgehead atoms. The molecule has 1 aromatic carbocycles. The van der Waals surface area contributed by atoms with E-state index in [1.54, 1.807) is 0 Å². The lowest BCUT2D eigenvalue weighted by molar-refractivity contribution is 0.635. The molecule has 0 unspecified atom stereocenters. The van der Waals surface area contributed by atoms with Gasteiger partial charge in [0, 0.05) is 28.3 Å². The Hall–Kier alpha value is -1.16. The van der Waals surface area contributed by atoms with E-state index in [2.05, 4.69) is 26.2 Å². The van der Waals surface area contributed by atoms with E-state index >= 15 is 0 Å². The summed E-state index contributed by atoms with van der Waals surface area (Å²) in [5.74, 6) is -0.295. The van der Waals surface area contributed by atoms with Gasteiger partial charge in [0.1, 0.15) is 5.52 Å². The van der Waals surface area contributed by atoms with Crippen LogP contribution in [0.5, 0.6) is 0 Å². The molecule has 0 atom stereocenters. The van der Waals surface area contributed by atoms with E-state index in [4.69, 9.17) is 0 Å². The predicted octanol–water partition coefficient (Wildman–Crippen LogP) is 3.74. The van der Waals surface area contributed by atoms with Crippen LogP contribution >= 0.6 is 15.9 Å². The van der Waals surface area contributed by atoms with Gasteiger partial charge in [-0.2, -0.15) is 0 Å². The topological polar surface area (TPSA) is 24.9 Å². The molecule has 0 saturated carbocycles. The van der Waals surface area contributed by atoms with Crippen LogP contribution in [0.25, 0.3) is 10.9 Å². The molecule has 0 radical (unpaired) electrons. The normalized spacial score (nSPS) is 10.8. The van der Waals surface area contributed by atoms with Crippen molar-refractivity contribution in [2.75, 3.05) is 12.4 Å². The van der Waals surface area contributed by atoms with Crippen molar-refractivity contribution in [2.24, 2.45) is 0 Å². The fourth-order valence-electron chi connectivity index (χ4n) is 1.69. The highest BCUT2D eigenvalue weighted by atomic mass is 79.9. The number of benzene rings is 1. The molecule has 16 heavy (non-hydrogen) atoms. The molecule has 0 amide bonds. The van der Waals surface area contributed by atoms with E-state index in [-0.39, 0.29) is 5.82 Å². The van der Waals surface area contributed by atoms with E-state index in [1.807, 2.05) is 26.1 Å². The Morgan fingerprint density at radius 2 is 2.12 bits per heavy atom. The van der Waals surface area contributed by atoms with E-state index in [0.29, 0.717) is 5.52 Å². The van der Waals surface area contributed by atoms with Crippen LogP contribution in [0.4, 0.5) is 10.1 Å². The molecule has 2 rings (SSSR count). The van der Waals surface area contributed by atoms with Crippen LogP contribution in [0.2, 0.25) is 0 Å². The summed E-state index contributed by atoms with van der Waals surface area (Å²) in [7, 11) is 1.83. The molecule has 0 aliphatic rings. The van der Waals surface area contributed by atoms with E-state index < -0.39 is 0 Å². The van der Waals surface area contributed by atoms with Gasteiger partial charge in [0.2, 0.25) is 0 Å². The zero-order valence-electron chi connectivity index (χ0n) is 9.14. The van der Waals surface area contributed by atoms with E-state index in [0.717, 1.165) is 27.7 Å². The molecule has 0 spiro atoms. The second kappa shape index (κ2) is 4.37. The molecule has 1 N–H and O–H groups in total. The summed E-state index contributed by atoms with van der Waals surface area (Å²) in [6.07, 6.45) is 0.792. The zero-order valence-corrected chi connectivity index (χ0v) is 10.7. The third kappa shape index (κ3) is 1.89. The van der Waals surface area contributed by atoms with Crippen LogP contribution in [-0.2, 0) is 6.42 Å². The molecule has 1 heterocycles. The lowest BCUT2D eigenvalue weighted by Gasteiger charge is -2.09. The summed E-state index contributed by atoms with van der Waals surface area (Å²) in [4.78, 5) is 4.31. The average molecular weight is 283 g/mol. The molecule has 0 aliphatic carbocycles. The molecule has 4 heteroatoms. The Morgan fingerprint density at radius 3 is 2.75 bits per heavy atom. The van der Waals surface area contributed by atoms with E-state index in [1.165, 1.54) is 6.07 Å². The summed E-state index contributed by atoms with van der Waals surface area (Å²) in [5, 5.41) is 3.87. The SMILES string of the molecule is CCc1cc(NC)c2cc(Br)cc(F)c2n1. The van der Waals surface area contributed by atoms with Gasteiger partial charge in [-0.25, -0.2) is 9.37 Å². The lowest BCUT2D eigenvalue weighted by atomic mass is 10.1. The van der Waals surface area contributed by atoms with Crippen LogP contribution in [0, 0.1) is 5.82 Å². The Labute approximate surface area is 102 Å². The summed E-state index contributed by atoms with van der Waals surface area (Å²) in [6.45, 7) is 2.00. The Balaban J connectivity index is 2.83. The quantitative estimate of drug-likeness (QED) is 0.908. The number of aromatic nitrogens is 1. The summed E-state index contributed by atoms with van der Waals surface area (Å²) >= 11 is 3.29. The van der Waals surface area contributed by atoms with Crippen molar-refractivity contribution in [2.45, 2.75) is 13.3 Å². The Kier molecular flexibility index (Phi) is 3.10. The number of nitrogens with zero attached hydrogens (tertiary/aromatic N) is 1. The minimum atomic E-state index is -0.295. The second-order valence-electron chi connectivity index (χ2n) is 3.55. The fraction of sp³-hybridized carbons (Fsp3) is 0.250. The Bertz CT molecular complexity index is 540. The van der Waals surface area contributed by atoms with Crippen LogP contribution in [-0.4, -0.2) is 12.0 Å². The lowest BCUT2D eigenvalue weighted by Crippen LogP contribution is -1.97. The molecule has 2 nitrogen and oxygen atoms in total. The molecular weight excluding hydrogens is 271 g/mol. The van der Waals surface area contributed by atoms with Crippen molar-refractivity contribution < 1.29 is 4.39 Å². The first-order valence-electron chi connectivity index (χ1n) is 5.12. The third-order valence-corrected chi connectivity index (χ3v) is 2.97. The highest BCUT2D eigenvalue weighted by molar-refractivity contribution is 9.10. The first-order chi connectivity index (χ1) is 7.65. The van der Waals surface area contributed by atoms with Gasteiger partial charge in [-0.15, -0.1) is 0 Å². The van der Waals surface area contributed by atoms with Crippen LogP contribution in [0.15, 0.2) is 22.7 Å². The highest BCUT2D eigenvalue weighted by Crippen LogP contribution is 2.28. The smallest absolute Gasteiger partial charge is 0.150 e. The van der Waals surface area contributed by atoms with Gasteiger partial charge in [-0.05, 0) is 24.6 Å². The summed E-state index contributed by atoms with van der Waals surface area (Å²) in [5.41, 5.74) is 2.21. The number of rotatable bonds is 2. The number of anilines is 1. The van der Waals surface area contributed by atoms with Gasteiger partial charge >= 0.3 is 0 Å². The molecular formula is C12H12BrFN2. The molecule has 1 aromatic heterocycles. The summed E-state index contributed by atoms with van der Waals surface area (Å²) < 4.78 is 14.5. The minimum Gasteiger partial charge on any atom is -0.388 e. The van der Waals surface area contributed by atoms with Crippen LogP contribution < -0.4 is 5.32 Å². The van der Waals surface area contributed by atoms with Crippen molar-refractivity contribution in [3.8, 4) is 0 Å². The number of pyridine rings is 1. The molecule has 84 valence electrons. The standard InChI is InChI=1S/C12H12BrFN2/c1-3-8-6-11(15-2)9-4-7(13)5-10(14)12(9)16-8/h4-6H,3H2,1-2H3,(H,15,16). The van der Waals surface area contributed by atoms with Gasteiger partial charge in [0.25, 0.3) is 0 Å². The summed E-state index contributed by atoms with van der Waals surface area (Å²) in [6, 6.07) is 5.26. The number of halogens is 2. The molecule has 2 aromatic rings. The first kappa shape index (κ1) is 11.3. The minimum absolute atomic E-state index is 0.295. The van der Waals surface area contributed by atoms with Gasteiger partial charge < -0.3 is 5.32 Å². The van der Waals surface area contributed by atoms with Gasteiger partial charge in [0.15, 0.2) is 5.82 Å². The second-order valence-corrected chi connectivity index (χ2v) is 4.46. The van der Waals surface area contributed by atoms with Crippen molar-refractivity contribution >= 4 is 32.5 Å². The van der Waals surface area contributed by atoms with Gasteiger partial charge in [-0.3, -0.25) is 0 Å². The number of hydrogen-bond acceptors (Lipinski definition) is 2. The number of aryl methyl sites for hydroxylation is 1. The molecule has 0 fully saturated rings. The van der Waals surface area contributed by atoms with E-state index in [9.17, 15) is 4.39 Å². The third-order valence-electron chi connectivity index (χ3n) is 2.52. The first-order valence-corrected chi connectivity index (χ1v) is 5.91. The van der Waals surface area contributed by atoms with Crippen LogP contribution in [0.3, 0.4) is 0 Å². The highest BCUT2D eigenvalue weighted by Gasteiger charge is 2.09. The zero-order chi connectivity index (χ0) is 11.7. The van der Waals surface area contributed by atoms with Gasteiger partial charge in [-0.1, -0.05) is 22.9 Å².